The molecule has 3 rings (SSSR count). The minimum Gasteiger partial charge on any atom is -0.383 e. The maximum atomic E-state index is 5.48. The van der Waals surface area contributed by atoms with E-state index in [0.717, 1.165) is 37.6 Å². The van der Waals surface area contributed by atoms with Crippen molar-refractivity contribution in [2.45, 2.75) is 25.4 Å². The molecule has 0 radical (unpaired) electrons. The number of benzene rings is 1. The monoisotopic (exact) mass is 287 g/mol. The summed E-state index contributed by atoms with van der Waals surface area (Å²) >= 11 is 0. The van der Waals surface area contributed by atoms with E-state index in [-0.39, 0.29) is 0 Å². The van der Waals surface area contributed by atoms with Crippen LogP contribution < -0.4 is 10.6 Å². The summed E-state index contributed by atoms with van der Waals surface area (Å²) in [5.41, 5.74) is 2.07. The molecule has 6 nitrogen and oxygen atoms in total. The molecular weight excluding hydrogens is 266 g/mol. The van der Waals surface area contributed by atoms with Gasteiger partial charge in [-0.25, -0.2) is 0 Å². The van der Waals surface area contributed by atoms with Crippen molar-refractivity contribution in [3.05, 3.63) is 36.7 Å². The topological polar surface area (TPSA) is 64.0 Å². The Hall–Kier alpha value is -1.92. The minimum absolute atomic E-state index is 0.387. The zero-order valence-corrected chi connectivity index (χ0v) is 12.2. The highest BCUT2D eigenvalue weighted by Gasteiger charge is 2.16. The van der Waals surface area contributed by atoms with Crippen LogP contribution in [0.5, 0.6) is 0 Å². The van der Waals surface area contributed by atoms with E-state index in [4.69, 9.17) is 4.74 Å². The summed E-state index contributed by atoms with van der Waals surface area (Å²) in [7, 11) is 0. The number of anilines is 1. The van der Waals surface area contributed by atoms with Crippen LogP contribution in [-0.2, 0) is 4.74 Å². The molecule has 1 saturated heterocycles. The van der Waals surface area contributed by atoms with Crippen LogP contribution in [0.4, 0.5) is 5.69 Å². The Bertz CT molecular complexity index is 534. The predicted octanol–water partition coefficient (Wildman–Crippen LogP) is 1.45. The van der Waals surface area contributed by atoms with Crippen LogP contribution >= 0.6 is 0 Å². The Labute approximate surface area is 124 Å². The molecule has 2 atom stereocenters. The van der Waals surface area contributed by atoms with E-state index in [0.29, 0.717) is 12.1 Å². The smallest absolute Gasteiger partial charge is 0.0858 e. The second kappa shape index (κ2) is 6.69. The van der Waals surface area contributed by atoms with Gasteiger partial charge in [0.15, 0.2) is 0 Å². The van der Waals surface area contributed by atoms with Crippen molar-refractivity contribution in [2.75, 3.05) is 25.1 Å². The summed E-state index contributed by atoms with van der Waals surface area (Å²) in [5.74, 6) is 0. The van der Waals surface area contributed by atoms with Gasteiger partial charge in [-0.3, -0.25) is 0 Å². The van der Waals surface area contributed by atoms with Gasteiger partial charge in [-0.1, -0.05) is 0 Å². The number of rotatable bonds is 5. The lowest BCUT2D eigenvalue weighted by molar-refractivity contribution is 0.0731. The van der Waals surface area contributed by atoms with Crippen LogP contribution in [0, 0.1) is 0 Å². The highest BCUT2D eigenvalue weighted by atomic mass is 16.5. The standard InChI is InChI=1S/C15H21N5O/c1-12(10-14-11-21-9-8-16-14)19-13-2-4-15(5-3-13)20-17-6-7-18-20/h2-7,12,14,16,19H,8-11H2,1H3. The molecule has 6 heteroatoms. The Kier molecular flexibility index (Phi) is 4.47. The van der Waals surface area contributed by atoms with Crippen LogP contribution in [0.1, 0.15) is 13.3 Å². The molecule has 0 amide bonds. The molecule has 1 aliphatic heterocycles. The number of hydrogen-bond donors (Lipinski definition) is 2. The van der Waals surface area contributed by atoms with Gasteiger partial charge in [-0.2, -0.15) is 15.0 Å². The van der Waals surface area contributed by atoms with Crippen molar-refractivity contribution in [3.8, 4) is 5.69 Å². The van der Waals surface area contributed by atoms with Crippen LogP contribution in [0.3, 0.4) is 0 Å². The van der Waals surface area contributed by atoms with Gasteiger partial charge >= 0.3 is 0 Å². The zero-order valence-electron chi connectivity index (χ0n) is 12.2. The molecular formula is C15H21N5O. The van der Waals surface area contributed by atoms with Crippen LogP contribution in [0.2, 0.25) is 0 Å². The van der Waals surface area contributed by atoms with Crippen molar-refractivity contribution in [3.63, 3.8) is 0 Å². The Morgan fingerprint density at radius 1 is 1.33 bits per heavy atom. The number of ether oxygens (including phenoxy) is 1. The highest BCUT2D eigenvalue weighted by molar-refractivity contribution is 5.48. The molecule has 2 heterocycles. The molecule has 112 valence electrons. The molecule has 2 N–H and O–H groups in total. The fraction of sp³-hybridized carbons (Fsp3) is 0.467. The number of nitrogens with one attached hydrogen (secondary N) is 2. The molecule has 21 heavy (non-hydrogen) atoms. The first-order chi connectivity index (χ1) is 10.3. The largest absolute Gasteiger partial charge is 0.383 e. The van der Waals surface area contributed by atoms with E-state index in [1.165, 1.54) is 0 Å². The van der Waals surface area contributed by atoms with Crippen molar-refractivity contribution >= 4 is 5.69 Å². The van der Waals surface area contributed by atoms with Crippen molar-refractivity contribution in [2.24, 2.45) is 0 Å². The average molecular weight is 287 g/mol. The molecule has 0 spiro atoms. The maximum Gasteiger partial charge on any atom is 0.0858 e. The van der Waals surface area contributed by atoms with Crippen LogP contribution in [-0.4, -0.2) is 46.8 Å². The zero-order chi connectivity index (χ0) is 14.5. The summed E-state index contributed by atoms with van der Waals surface area (Å²) in [6.45, 7) is 4.76. The molecule has 1 aliphatic rings. The minimum atomic E-state index is 0.387. The Morgan fingerprint density at radius 2 is 2.10 bits per heavy atom. The second-order valence-electron chi connectivity index (χ2n) is 5.37. The predicted molar refractivity (Wildman–Crippen MR) is 81.7 cm³/mol. The van der Waals surface area contributed by atoms with Gasteiger partial charge in [0.05, 0.1) is 31.3 Å². The second-order valence-corrected chi connectivity index (χ2v) is 5.37. The SMILES string of the molecule is CC(CC1COCCN1)Nc1ccc(-n2nccn2)cc1. The molecule has 1 aromatic heterocycles. The third-order valence-electron chi connectivity index (χ3n) is 3.57. The first-order valence-corrected chi connectivity index (χ1v) is 7.36. The number of hydrogen-bond acceptors (Lipinski definition) is 5. The fourth-order valence-corrected chi connectivity index (χ4v) is 2.58. The summed E-state index contributed by atoms with van der Waals surface area (Å²) in [6.07, 6.45) is 4.39. The summed E-state index contributed by atoms with van der Waals surface area (Å²) in [4.78, 5) is 1.61. The molecule has 1 fully saturated rings. The van der Waals surface area contributed by atoms with E-state index in [1.54, 1.807) is 17.2 Å². The third-order valence-corrected chi connectivity index (χ3v) is 3.57. The van der Waals surface area contributed by atoms with Gasteiger partial charge in [0.1, 0.15) is 0 Å². The van der Waals surface area contributed by atoms with Gasteiger partial charge in [0.25, 0.3) is 0 Å². The van der Waals surface area contributed by atoms with Gasteiger partial charge in [0, 0.05) is 24.3 Å². The van der Waals surface area contributed by atoms with Gasteiger partial charge in [-0.15, -0.1) is 0 Å². The third kappa shape index (κ3) is 3.80. The van der Waals surface area contributed by atoms with E-state index in [2.05, 4.69) is 39.9 Å². The van der Waals surface area contributed by atoms with Crippen molar-refractivity contribution in [1.29, 1.82) is 0 Å². The summed E-state index contributed by atoms with van der Waals surface area (Å²) in [6, 6.07) is 8.96. The first-order valence-electron chi connectivity index (χ1n) is 7.36. The highest BCUT2D eigenvalue weighted by Crippen LogP contribution is 2.14. The average Bonchev–Trinajstić information content (AvgIpc) is 3.03. The van der Waals surface area contributed by atoms with Crippen molar-refractivity contribution in [1.82, 2.24) is 20.3 Å². The summed E-state index contributed by atoms with van der Waals surface area (Å²) in [5, 5.41) is 15.2. The molecule has 0 aliphatic carbocycles. The number of morpholine rings is 1. The quantitative estimate of drug-likeness (QED) is 0.871. The lowest BCUT2D eigenvalue weighted by atomic mass is 10.1. The van der Waals surface area contributed by atoms with Gasteiger partial charge in [-0.05, 0) is 37.6 Å². The molecule has 2 aromatic rings. The lowest BCUT2D eigenvalue weighted by Gasteiger charge is -2.27. The maximum absolute atomic E-state index is 5.48. The van der Waals surface area contributed by atoms with E-state index in [1.807, 2.05) is 12.1 Å². The van der Waals surface area contributed by atoms with Crippen molar-refractivity contribution < 1.29 is 4.74 Å². The van der Waals surface area contributed by atoms with Gasteiger partial charge in [0.2, 0.25) is 0 Å². The van der Waals surface area contributed by atoms with E-state index < -0.39 is 0 Å². The Morgan fingerprint density at radius 3 is 2.76 bits per heavy atom. The molecule has 0 saturated carbocycles. The Balaban J connectivity index is 1.54. The van der Waals surface area contributed by atoms with E-state index >= 15 is 0 Å². The first kappa shape index (κ1) is 14.0. The van der Waals surface area contributed by atoms with E-state index in [9.17, 15) is 0 Å². The van der Waals surface area contributed by atoms with Gasteiger partial charge < -0.3 is 15.4 Å². The normalized spacial score (nSPS) is 20.1. The summed E-state index contributed by atoms with van der Waals surface area (Å²) < 4.78 is 5.48. The number of nitrogens with zero attached hydrogens (tertiary/aromatic N) is 3. The molecule has 0 bridgehead atoms. The lowest BCUT2D eigenvalue weighted by Crippen LogP contribution is -2.43. The van der Waals surface area contributed by atoms with Crippen LogP contribution in [0.15, 0.2) is 36.7 Å². The molecule has 1 aromatic carbocycles. The van der Waals surface area contributed by atoms with Crippen LogP contribution in [0.25, 0.3) is 5.69 Å². The fourth-order valence-electron chi connectivity index (χ4n) is 2.58. The number of aromatic nitrogens is 3. The molecule has 2 unspecified atom stereocenters.